The Labute approximate surface area is 122 Å². The molecule has 2 aliphatic heterocycles. The molecule has 8 nitrogen and oxygen atoms in total. The Hall–Kier alpha value is -2.16. The lowest BCUT2D eigenvalue weighted by molar-refractivity contribution is -0.142. The van der Waals surface area contributed by atoms with Gasteiger partial charge in [0.05, 0.1) is 11.3 Å². The van der Waals surface area contributed by atoms with Crippen LogP contribution >= 0.6 is 0 Å². The molecule has 0 aliphatic carbocycles. The number of amides is 1. The van der Waals surface area contributed by atoms with Crippen molar-refractivity contribution in [3.8, 4) is 0 Å². The first-order valence-corrected chi connectivity index (χ1v) is 7.93. The molecule has 0 aromatic rings. The molecule has 2 heterocycles. The average Bonchev–Trinajstić information content (AvgIpc) is 2.42. The van der Waals surface area contributed by atoms with Gasteiger partial charge in [-0.25, -0.2) is 8.42 Å². The van der Waals surface area contributed by atoms with E-state index >= 15 is 0 Å². The van der Waals surface area contributed by atoms with Crippen molar-refractivity contribution in [1.82, 2.24) is 9.80 Å². The zero-order valence-electron chi connectivity index (χ0n) is 11.4. The molecule has 0 saturated carbocycles. The van der Waals surface area contributed by atoms with Gasteiger partial charge in [-0.1, -0.05) is 0 Å². The van der Waals surface area contributed by atoms with Gasteiger partial charge < -0.3 is 14.9 Å². The average molecular weight is 313 g/mol. The largest absolute Gasteiger partial charge is 0.480 e. The maximum atomic E-state index is 12.2. The molecule has 0 atom stereocenters. The van der Waals surface area contributed by atoms with Gasteiger partial charge in [0.15, 0.2) is 0 Å². The van der Waals surface area contributed by atoms with Gasteiger partial charge >= 0.3 is 5.97 Å². The fraction of sp³-hybridized carbons (Fsp3) is 0.417. The smallest absolute Gasteiger partial charge is 0.323 e. The molecule has 1 N–H and O–H groups in total. The molecule has 0 bridgehead atoms. The summed E-state index contributed by atoms with van der Waals surface area (Å²) in [6.07, 6.45) is 4.39. The molecule has 0 unspecified atom stereocenters. The number of aliphatic carboxylic acids is 1. The van der Waals surface area contributed by atoms with Crippen molar-refractivity contribution in [2.75, 3.05) is 25.4 Å². The predicted octanol–water partition coefficient (Wildman–Crippen LogP) is -0.583. The summed E-state index contributed by atoms with van der Waals surface area (Å²) in [4.78, 5) is 25.7. The van der Waals surface area contributed by atoms with Crippen molar-refractivity contribution in [2.24, 2.45) is 4.40 Å². The number of carboxylic acids is 1. The van der Waals surface area contributed by atoms with Crippen molar-refractivity contribution in [3.05, 3.63) is 23.9 Å². The highest BCUT2D eigenvalue weighted by molar-refractivity contribution is 7.90. The molecule has 0 radical (unpaired) electrons. The zero-order valence-corrected chi connectivity index (χ0v) is 12.2. The van der Waals surface area contributed by atoms with E-state index in [2.05, 4.69) is 4.40 Å². The highest BCUT2D eigenvalue weighted by Gasteiger charge is 2.26. The molecule has 0 saturated heterocycles. The van der Waals surface area contributed by atoms with Crippen LogP contribution in [0.25, 0.3) is 0 Å². The molecule has 114 valence electrons. The fourth-order valence-corrected chi connectivity index (χ4v) is 2.97. The number of sulfonamides is 1. The number of fused-ring (bicyclic) bond motifs is 1. The molecule has 1 amide bonds. The van der Waals surface area contributed by atoms with Gasteiger partial charge in [-0.15, -0.1) is 4.40 Å². The summed E-state index contributed by atoms with van der Waals surface area (Å²) in [5.41, 5.74) is 0.302. The Balaban J connectivity index is 2.21. The normalized spacial score (nSPS) is 19.4. The van der Waals surface area contributed by atoms with Crippen LogP contribution in [-0.2, 0) is 19.6 Å². The number of hydrogen-bond acceptors (Lipinski definition) is 5. The van der Waals surface area contributed by atoms with Crippen LogP contribution in [0.15, 0.2) is 28.3 Å². The number of likely N-dealkylation sites (N-methyl/N-ethyl adjacent to an activating group) is 1. The SMILES string of the molecule is CCN(CC(=O)O)C(=O)C1=CN2CCS(=O)(=O)N=C2C=C1. The van der Waals surface area contributed by atoms with E-state index in [9.17, 15) is 18.0 Å². The fourth-order valence-electron chi connectivity index (χ4n) is 2.00. The summed E-state index contributed by atoms with van der Waals surface area (Å²) < 4.78 is 26.4. The summed E-state index contributed by atoms with van der Waals surface area (Å²) >= 11 is 0. The van der Waals surface area contributed by atoms with Crippen molar-refractivity contribution < 1.29 is 23.1 Å². The van der Waals surface area contributed by atoms with Crippen LogP contribution in [0.3, 0.4) is 0 Å². The van der Waals surface area contributed by atoms with Gasteiger partial charge in [0.25, 0.3) is 15.9 Å². The third-order valence-corrected chi connectivity index (χ3v) is 4.23. The second-order valence-electron chi connectivity index (χ2n) is 4.56. The van der Waals surface area contributed by atoms with Crippen LogP contribution in [0.4, 0.5) is 0 Å². The molecule has 0 spiro atoms. The van der Waals surface area contributed by atoms with Crippen molar-refractivity contribution >= 4 is 27.7 Å². The third-order valence-electron chi connectivity index (χ3n) is 3.07. The molecule has 2 aliphatic rings. The van der Waals surface area contributed by atoms with E-state index in [1.54, 1.807) is 11.8 Å². The van der Waals surface area contributed by atoms with Gasteiger partial charge in [-0.3, -0.25) is 9.59 Å². The number of carbonyl (C=O) groups excluding carboxylic acids is 1. The summed E-state index contributed by atoms with van der Waals surface area (Å²) in [5, 5.41) is 8.78. The van der Waals surface area contributed by atoms with Crippen LogP contribution in [0.5, 0.6) is 0 Å². The predicted molar refractivity (Wildman–Crippen MR) is 75.0 cm³/mol. The van der Waals surface area contributed by atoms with E-state index in [0.717, 1.165) is 0 Å². The van der Waals surface area contributed by atoms with E-state index in [4.69, 9.17) is 5.11 Å². The van der Waals surface area contributed by atoms with Gasteiger partial charge in [-0.05, 0) is 19.1 Å². The van der Waals surface area contributed by atoms with E-state index < -0.39 is 21.9 Å². The quantitative estimate of drug-likeness (QED) is 0.744. The molecule has 21 heavy (non-hydrogen) atoms. The van der Waals surface area contributed by atoms with Gasteiger partial charge in [0.1, 0.15) is 12.4 Å². The lowest BCUT2D eigenvalue weighted by Gasteiger charge is -2.28. The minimum atomic E-state index is -3.44. The van der Waals surface area contributed by atoms with Crippen molar-refractivity contribution in [2.45, 2.75) is 6.92 Å². The van der Waals surface area contributed by atoms with Crippen LogP contribution in [0, 0.1) is 0 Å². The number of hydrogen-bond donors (Lipinski definition) is 1. The van der Waals surface area contributed by atoms with E-state index in [0.29, 0.717) is 5.57 Å². The van der Waals surface area contributed by atoms with Gasteiger partial charge in [-0.2, -0.15) is 0 Å². The monoisotopic (exact) mass is 313 g/mol. The Morgan fingerprint density at radius 3 is 2.76 bits per heavy atom. The topological polar surface area (TPSA) is 107 Å². The molecule has 0 aromatic heterocycles. The first kappa shape index (κ1) is 15.2. The second-order valence-corrected chi connectivity index (χ2v) is 6.31. The van der Waals surface area contributed by atoms with E-state index in [-0.39, 0.29) is 31.2 Å². The summed E-state index contributed by atoms with van der Waals surface area (Å²) in [5.74, 6) is -1.35. The highest BCUT2D eigenvalue weighted by Crippen LogP contribution is 2.17. The minimum Gasteiger partial charge on any atom is -0.480 e. The van der Waals surface area contributed by atoms with Crippen molar-refractivity contribution in [1.29, 1.82) is 0 Å². The molecule has 2 rings (SSSR count). The van der Waals surface area contributed by atoms with E-state index in [1.807, 2.05) is 0 Å². The maximum Gasteiger partial charge on any atom is 0.323 e. The first-order chi connectivity index (χ1) is 9.82. The zero-order chi connectivity index (χ0) is 15.6. The summed E-state index contributed by atoms with van der Waals surface area (Å²) in [7, 11) is -3.44. The summed E-state index contributed by atoms with van der Waals surface area (Å²) in [6, 6.07) is 0. The number of nitrogens with zero attached hydrogens (tertiary/aromatic N) is 3. The van der Waals surface area contributed by atoms with Crippen LogP contribution < -0.4 is 0 Å². The maximum absolute atomic E-state index is 12.2. The van der Waals surface area contributed by atoms with Crippen LogP contribution in [0.1, 0.15) is 6.92 Å². The third kappa shape index (κ3) is 3.48. The van der Waals surface area contributed by atoms with Crippen LogP contribution in [0.2, 0.25) is 0 Å². The number of amidine groups is 1. The van der Waals surface area contributed by atoms with E-state index in [1.165, 1.54) is 23.3 Å². The van der Waals surface area contributed by atoms with Gasteiger partial charge in [0, 0.05) is 19.3 Å². The minimum absolute atomic E-state index is 0.116. The Morgan fingerprint density at radius 1 is 1.43 bits per heavy atom. The lowest BCUT2D eigenvalue weighted by atomic mass is 10.1. The first-order valence-electron chi connectivity index (χ1n) is 6.32. The number of carbonyl (C=O) groups is 2. The highest BCUT2D eigenvalue weighted by atomic mass is 32.2. The molecule has 0 aromatic carbocycles. The molecular weight excluding hydrogens is 298 g/mol. The molecule has 9 heteroatoms. The standard InChI is InChI=1S/C12H15N3O5S/c1-2-14(8-11(16)17)12(18)9-3-4-10-13-21(19,20)6-5-15(10)7-9/h3-4,7H,2,5-6,8H2,1H3,(H,16,17). The lowest BCUT2D eigenvalue weighted by Crippen LogP contribution is -2.40. The Bertz CT molecular complexity index is 662. The Kier molecular flexibility index (Phi) is 4.12. The Morgan fingerprint density at radius 2 is 2.14 bits per heavy atom. The summed E-state index contributed by atoms with van der Waals surface area (Å²) in [6.45, 7) is 1.79. The van der Waals surface area contributed by atoms with Gasteiger partial charge in [0.2, 0.25) is 0 Å². The number of rotatable bonds is 4. The number of carboxylic acid groups (broad SMARTS) is 1. The molecular formula is C12H15N3O5S. The molecule has 0 fully saturated rings. The van der Waals surface area contributed by atoms with Crippen molar-refractivity contribution in [3.63, 3.8) is 0 Å². The second kappa shape index (κ2) is 5.68. The van der Waals surface area contributed by atoms with Crippen LogP contribution in [-0.4, -0.2) is 66.4 Å².